The SMILES string of the molecule is COc1c(NN)ncnc1NC1CCCCC1SC. The number of hydrogen-bond acceptors (Lipinski definition) is 7. The number of nitrogens with one attached hydrogen (secondary N) is 2. The number of hydrazine groups is 1. The monoisotopic (exact) mass is 283 g/mol. The molecule has 0 spiro atoms. The highest BCUT2D eigenvalue weighted by molar-refractivity contribution is 7.99. The molecule has 7 heteroatoms. The van der Waals surface area contributed by atoms with Gasteiger partial charge in [0.05, 0.1) is 7.11 Å². The van der Waals surface area contributed by atoms with Crippen LogP contribution in [0.1, 0.15) is 25.7 Å². The van der Waals surface area contributed by atoms with Crippen molar-refractivity contribution in [1.29, 1.82) is 0 Å². The van der Waals surface area contributed by atoms with Gasteiger partial charge in [-0.3, -0.25) is 0 Å². The number of thioether (sulfide) groups is 1. The van der Waals surface area contributed by atoms with Crippen LogP contribution < -0.4 is 21.3 Å². The van der Waals surface area contributed by atoms with Gasteiger partial charge in [0.25, 0.3) is 0 Å². The van der Waals surface area contributed by atoms with Crippen LogP contribution in [0.3, 0.4) is 0 Å². The number of nitrogens with two attached hydrogens (primary N) is 1. The topological polar surface area (TPSA) is 85.1 Å². The van der Waals surface area contributed by atoms with Crippen LogP contribution in [0.2, 0.25) is 0 Å². The summed E-state index contributed by atoms with van der Waals surface area (Å²) < 4.78 is 5.34. The van der Waals surface area contributed by atoms with Gasteiger partial charge in [-0.05, 0) is 19.1 Å². The largest absolute Gasteiger partial charge is 0.490 e. The van der Waals surface area contributed by atoms with Gasteiger partial charge in [0.1, 0.15) is 6.33 Å². The molecule has 1 saturated carbocycles. The van der Waals surface area contributed by atoms with Crippen molar-refractivity contribution < 1.29 is 4.74 Å². The quantitative estimate of drug-likeness (QED) is 0.561. The molecule has 2 atom stereocenters. The van der Waals surface area contributed by atoms with E-state index in [-0.39, 0.29) is 0 Å². The van der Waals surface area contributed by atoms with E-state index in [1.807, 2.05) is 11.8 Å². The van der Waals surface area contributed by atoms with Crippen molar-refractivity contribution in [2.24, 2.45) is 5.84 Å². The Labute approximate surface area is 117 Å². The zero-order chi connectivity index (χ0) is 13.7. The fraction of sp³-hybridized carbons (Fsp3) is 0.667. The Morgan fingerprint density at radius 3 is 2.74 bits per heavy atom. The second kappa shape index (κ2) is 6.81. The summed E-state index contributed by atoms with van der Waals surface area (Å²) in [4.78, 5) is 8.31. The highest BCUT2D eigenvalue weighted by Gasteiger charge is 2.26. The van der Waals surface area contributed by atoms with Gasteiger partial charge in [-0.2, -0.15) is 11.8 Å². The molecule has 1 heterocycles. The smallest absolute Gasteiger partial charge is 0.205 e. The standard InChI is InChI=1S/C12H21N5OS/c1-18-10-11(14-7-15-12(10)17-13)16-8-5-3-4-6-9(8)19-2/h7-9H,3-6,13H2,1-2H3,(H2,14,15,16,17). The van der Waals surface area contributed by atoms with E-state index in [0.29, 0.717) is 28.7 Å². The van der Waals surface area contributed by atoms with Crippen LogP contribution in [-0.2, 0) is 0 Å². The Morgan fingerprint density at radius 1 is 1.32 bits per heavy atom. The van der Waals surface area contributed by atoms with Gasteiger partial charge in [-0.15, -0.1) is 0 Å². The summed E-state index contributed by atoms with van der Waals surface area (Å²) >= 11 is 1.91. The maximum atomic E-state index is 5.43. The van der Waals surface area contributed by atoms with Crippen molar-refractivity contribution in [2.45, 2.75) is 37.0 Å². The molecule has 4 N–H and O–H groups in total. The van der Waals surface area contributed by atoms with Crippen LogP contribution in [0.4, 0.5) is 11.6 Å². The molecule has 106 valence electrons. The van der Waals surface area contributed by atoms with Crippen molar-refractivity contribution in [3.8, 4) is 5.75 Å². The van der Waals surface area contributed by atoms with E-state index >= 15 is 0 Å². The molecule has 1 aliphatic carbocycles. The molecular weight excluding hydrogens is 262 g/mol. The number of hydrogen-bond donors (Lipinski definition) is 3. The highest BCUT2D eigenvalue weighted by Crippen LogP contribution is 2.33. The summed E-state index contributed by atoms with van der Waals surface area (Å²) in [6.07, 6.45) is 8.61. The molecule has 0 radical (unpaired) electrons. The number of nitrogens with zero attached hydrogens (tertiary/aromatic N) is 2. The molecule has 1 aliphatic rings. The highest BCUT2D eigenvalue weighted by atomic mass is 32.2. The minimum absolute atomic E-state index is 0.415. The van der Waals surface area contributed by atoms with Gasteiger partial charge in [-0.25, -0.2) is 15.8 Å². The van der Waals surface area contributed by atoms with E-state index in [4.69, 9.17) is 10.6 Å². The molecule has 0 saturated heterocycles. The van der Waals surface area contributed by atoms with Crippen LogP contribution in [0.15, 0.2) is 6.33 Å². The first-order chi connectivity index (χ1) is 9.30. The minimum atomic E-state index is 0.415. The first kappa shape index (κ1) is 14.2. The molecule has 0 aliphatic heterocycles. The third-order valence-electron chi connectivity index (χ3n) is 3.47. The third-order valence-corrected chi connectivity index (χ3v) is 4.64. The lowest BCUT2D eigenvalue weighted by Gasteiger charge is -2.31. The lowest BCUT2D eigenvalue weighted by molar-refractivity contribution is 0.411. The van der Waals surface area contributed by atoms with Crippen molar-refractivity contribution in [3.05, 3.63) is 6.33 Å². The second-order valence-electron chi connectivity index (χ2n) is 4.56. The summed E-state index contributed by atoms with van der Waals surface area (Å²) in [5.74, 6) is 7.20. The van der Waals surface area contributed by atoms with E-state index < -0.39 is 0 Å². The van der Waals surface area contributed by atoms with E-state index in [1.165, 1.54) is 25.6 Å². The molecule has 6 nitrogen and oxygen atoms in total. The Kier molecular flexibility index (Phi) is 5.09. The van der Waals surface area contributed by atoms with E-state index in [1.54, 1.807) is 7.11 Å². The van der Waals surface area contributed by atoms with Crippen molar-refractivity contribution in [1.82, 2.24) is 9.97 Å². The molecule has 0 amide bonds. The first-order valence-electron chi connectivity index (χ1n) is 6.45. The van der Waals surface area contributed by atoms with Crippen molar-refractivity contribution in [2.75, 3.05) is 24.1 Å². The van der Waals surface area contributed by atoms with Crippen LogP contribution in [0, 0.1) is 0 Å². The fourth-order valence-electron chi connectivity index (χ4n) is 2.49. The molecule has 2 unspecified atom stereocenters. The lowest BCUT2D eigenvalue weighted by Crippen LogP contribution is -2.34. The van der Waals surface area contributed by atoms with Crippen molar-refractivity contribution in [3.63, 3.8) is 0 Å². The molecule has 2 rings (SSSR count). The van der Waals surface area contributed by atoms with E-state index in [0.717, 1.165) is 6.42 Å². The van der Waals surface area contributed by atoms with Gasteiger partial charge in [0.15, 0.2) is 11.6 Å². The van der Waals surface area contributed by atoms with Gasteiger partial charge < -0.3 is 15.5 Å². The first-order valence-corrected chi connectivity index (χ1v) is 7.74. The Balaban J connectivity index is 2.17. The molecule has 1 aromatic heterocycles. The summed E-state index contributed by atoms with van der Waals surface area (Å²) in [5.41, 5.74) is 2.53. The fourth-order valence-corrected chi connectivity index (χ4v) is 3.43. The Hall–Kier alpha value is -1.21. The van der Waals surface area contributed by atoms with Crippen LogP contribution >= 0.6 is 11.8 Å². The lowest BCUT2D eigenvalue weighted by atomic mass is 9.95. The average molecular weight is 283 g/mol. The maximum Gasteiger partial charge on any atom is 0.205 e. The number of nitrogen functional groups attached to an aromatic ring is 1. The number of aromatic nitrogens is 2. The number of ether oxygens (including phenoxy) is 1. The van der Waals surface area contributed by atoms with Crippen LogP contribution in [-0.4, -0.2) is 34.6 Å². The van der Waals surface area contributed by atoms with Crippen LogP contribution in [0.5, 0.6) is 5.75 Å². The Morgan fingerprint density at radius 2 is 2.05 bits per heavy atom. The van der Waals surface area contributed by atoms with Gasteiger partial charge in [0.2, 0.25) is 5.75 Å². The molecule has 19 heavy (non-hydrogen) atoms. The molecule has 1 aromatic rings. The zero-order valence-electron chi connectivity index (χ0n) is 11.3. The number of rotatable bonds is 5. The summed E-state index contributed by atoms with van der Waals surface area (Å²) in [6, 6.07) is 0.415. The summed E-state index contributed by atoms with van der Waals surface area (Å²) in [7, 11) is 1.59. The third kappa shape index (κ3) is 3.22. The predicted molar refractivity (Wildman–Crippen MR) is 79.6 cm³/mol. The number of anilines is 2. The maximum absolute atomic E-state index is 5.43. The molecule has 1 fully saturated rings. The van der Waals surface area contributed by atoms with Crippen molar-refractivity contribution >= 4 is 23.4 Å². The predicted octanol–water partition coefficient (Wildman–Crippen LogP) is 1.86. The van der Waals surface area contributed by atoms with Gasteiger partial charge in [-0.1, -0.05) is 12.8 Å². The van der Waals surface area contributed by atoms with Crippen LogP contribution in [0.25, 0.3) is 0 Å². The number of methoxy groups -OCH3 is 1. The van der Waals surface area contributed by atoms with Gasteiger partial charge in [0, 0.05) is 11.3 Å². The molecular formula is C12H21N5OS. The molecule has 0 aromatic carbocycles. The molecule has 0 bridgehead atoms. The van der Waals surface area contributed by atoms with Gasteiger partial charge >= 0.3 is 0 Å². The average Bonchev–Trinajstić information content (AvgIpc) is 2.47. The summed E-state index contributed by atoms with van der Waals surface area (Å²) in [5, 5.41) is 4.10. The van der Waals surface area contributed by atoms with E-state index in [9.17, 15) is 0 Å². The minimum Gasteiger partial charge on any atom is -0.490 e. The normalized spacial score (nSPS) is 22.9. The summed E-state index contributed by atoms with van der Waals surface area (Å²) in [6.45, 7) is 0. The van der Waals surface area contributed by atoms with E-state index in [2.05, 4.69) is 27.0 Å². The Bertz CT molecular complexity index is 417. The zero-order valence-corrected chi connectivity index (χ0v) is 12.2. The second-order valence-corrected chi connectivity index (χ2v) is 5.63.